The Hall–Kier alpha value is -2.07. The van der Waals surface area contributed by atoms with E-state index in [0.717, 1.165) is 23.1 Å². The molecule has 2 aromatic carbocycles. The lowest BCUT2D eigenvalue weighted by molar-refractivity contribution is 0.607. The van der Waals surface area contributed by atoms with Gasteiger partial charge in [-0.05, 0) is 85.5 Å². The molecule has 1 aliphatic carbocycles. The highest BCUT2D eigenvalue weighted by Gasteiger charge is 2.35. The van der Waals surface area contributed by atoms with Gasteiger partial charge in [0.05, 0.1) is 0 Å². The van der Waals surface area contributed by atoms with Crippen molar-refractivity contribution < 1.29 is 4.39 Å². The number of rotatable bonds is 1. The second-order valence-electron chi connectivity index (χ2n) is 6.54. The zero-order valence-corrected chi connectivity index (χ0v) is 13.6. The molecule has 0 nitrogen and oxygen atoms in total. The van der Waals surface area contributed by atoms with Crippen molar-refractivity contribution >= 4 is 0 Å². The van der Waals surface area contributed by atoms with E-state index in [-0.39, 0.29) is 5.82 Å². The molecule has 22 heavy (non-hydrogen) atoms. The lowest BCUT2D eigenvalue weighted by atomic mass is 10.0. The molecule has 0 saturated heterocycles. The van der Waals surface area contributed by atoms with Crippen molar-refractivity contribution in [1.29, 1.82) is 0 Å². The minimum absolute atomic E-state index is 0.114. The van der Waals surface area contributed by atoms with E-state index in [1.807, 2.05) is 12.1 Å². The molecule has 0 aromatic heterocycles. The molecule has 0 spiro atoms. The van der Waals surface area contributed by atoms with Crippen molar-refractivity contribution in [3.63, 3.8) is 0 Å². The van der Waals surface area contributed by atoms with E-state index in [9.17, 15) is 4.39 Å². The van der Waals surface area contributed by atoms with Crippen molar-refractivity contribution in [2.24, 2.45) is 5.92 Å². The van der Waals surface area contributed by atoms with Crippen molar-refractivity contribution in [3.8, 4) is 11.8 Å². The molecule has 0 bridgehead atoms. The van der Waals surface area contributed by atoms with Crippen molar-refractivity contribution in [1.82, 2.24) is 0 Å². The van der Waals surface area contributed by atoms with Crippen molar-refractivity contribution in [2.75, 3.05) is 0 Å². The quantitative estimate of drug-likeness (QED) is 0.628. The van der Waals surface area contributed by atoms with Crippen LogP contribution < -0.4 is 0 Å². The van der Waals surface area contributed by atoms with Crippen LogP contribution in [0.4, 0.5) is 4.39 Å². The summed E-state index contributed by atoms with van der Waals surface area (Å²) in [6.07, 6.45) is 1.10. The molecule has 0 N–H and O–H groups in total. The van der Waals surface area contributed by atoms with Gasteiger partial charge in [0.1, 0.15) is 5.82 Å². The molecule has 0 aliphatic heterocycles. The Labute approximate surface area is 132 Å². The van der Waals surface area contributed by atoms with Crippen LogP contribution in [0, 0.1) is 44.3 Å². The Morgan fingerprint density at radius 3 is 2.09 bits per heavy atom. The summed E-state index contributed by atoms with van der Waals surface area (Å²) < 4.78 is 14.2. The summed E-state index contributed by atoms with van der Waals surface area (Å²) in [5.41, 5.74) is 6.37. The first-order valence-electron chi connectivity index (χ1n) is 7.85. The van der Waals surface area contributed by atoms with Gasteiger partial charge in [-0.15, -0.1) is 0 Å². The van der Waals surface area contributed by atoms with E-state index in [1.165, 1.54) is 16.7 Å². The summed E-state index contributed by atoms with van der Waals surface area (Å²) >= 11 is 0. The average molecular weight is 292 g/mol. The first-order chi connectivity index (χ1) is 10.5. The van der Waals surface area contributed by atoms with E-state index in [4.69, 9.17) is 0 Å². The molecule has 0 heterocycles. The highest BCUT2D eigenvalue weighted by Crippen LogP contribution is 2.47. The predicted molar refractivity (Wildman–Crippen MR) is 89.6 cm³/mol. The average Bonchev–Trinajstić information content (AvgIpc) is 3.19. The molecule has 1 fully saturated rings. The Morgan fingerprint density at radius 2 is 1.55 bits per heavy atom. The van der Waals surface area contributed by atoms with Crippen LogP contribution in [0.3, 0.4) is 0 Å². The SMILES string of the molecule is Cc1cc(C#Cc2ccc(C3CC3C)c(F)c2)cc(C)c1C. The Bertz CT molecular complexity index is 766. The third-order valence-electron chi connectivity index (χ3n) is 4.79. The fraction of sp³-hybridized carbons (Fsp3) is 0.333. The first-order valence-corrected chi connectivity index (χ1v) is 7.85. The molecule has 2 unspecified atom stereocenters. The minimum atomic E-state index is -0.114. The maximum Gasteiger partial charge on any atom is 0.127 e. The summed E-state index contributed by atoms with van der Waals surface area (Å²) in [5, 5.41) is 0. The van der Waals surface area contributed by atoms with Crippen LogP contribution in [-0.4, -0.2) is 0 Å². The second-order valence-corrected chi connectivity index (χ2v) is 6.54. The fourth-order valence-electron chi connectivity index (χ4n) is 2.91. The zero-order valence-electron chi connectivity index (χ0n) is 13.6. The zero-order chi connectivity index (χ0) is 15.9. The Balaban J connectivity index is 1.87. The van der Waals surface area contributed by atoms with Crippen LogP contribution >= 0.6 is 0 Å². The minimum Gasteiger partial charge on any atom is -0.207 e. The maximum absolute atomic E-state index is 14.2. The van der Waals surface area contributed by atoms with E-state index in [2.05, 4.69) is 51.7 Å². The van der Waals surface area contributed by atoms with E-state index >= 15 is 0 Å². The lowest BCUT2D eigenvalue weighted by Crippen LogP contribution is -1.90. The van der Waals surface area contributed by atoms with E-state index < -0.39 is 0 Å². The number of aryl methyl sites for hydroxylation is 2. The molecule has 112 valence electrons. The van der Waals surface area contributed by atoms with E-state index in [0.29, 0.717) is 11.8 Å². The summed E-state index contributed by atoms with van der Waals surface area (Å²) in [6.45, 7) is 8.48. The largest absolute Gasteiger partial charge is 0.207 e. The first kappa shape index (κ1) is 14.9. The number of hydrogen-bond donors (Lipinski definition) is 0. The van der Waals surface area contributed by atoms with Crippen LogP contribution in [-0.2, 0) is 0 Å². The van der Waals surface area contributed by atoms with Gasteiger partial charge in [-0.3, -0.25) is 0 Å². The normalized spacial score (nSPS) is 19.5. The predicted octanol–water partition coefficient (Wildman–Crippen LogP) is 5.27. The molecule has 2 atom stereocenters. The fourth-order valence-corrected chi connectivity index (χ4v) is 2.91. The molecular weight excluding hydrogens is 271 g/mol. The maximum atomic E-state index is 14.2. The van der Waals surface area contributed by atoms with Crippen LogP contribution in [0.25, 0.3) is 0 Å². The summed E-state index contributed by atoms with van der Waals surface area (Å²) in [7, 11) is 0. The molecule has 0 amide bonds. The highest BCUT2D eigenvalue weighted by molar-refractivity contribution is 5.48. The molecule has 1 aliphatic rings. The van der Waals surface area contributed by atoms with Gasteiger partial charge >= 0.3 is 0 Å². The highest BCUT2D eigenvalue weighted by atomic mass is 19.1. The summed E-state index contributed by atoms with van der Waals surface area (Å²) in [6, 6.07) is 9.59. The molecule has 2 aromatic rings. The Kier molecular flexibility index (Phi) is 3.79. The van der Waals surface area contributed by atoms with Gasteiger partial charge in [0.2, 0.25) is 0 Å². The van der Waals surface area contributed by atoms with Crippen LogP contribution in [0.5, 0.6) is 0 Å². The third kappa shape index (κ3) is 2.92. The second kappa shape index (κ2) is 5.61. The standard InChI is InChI=1S/C21H21F/c1-13-9-18(10-14(2)16(13)4)6-5-17-7-8-19(21(22)12-17)20-11-15(20)3/h7-10,12,15,20H,11H2,1-4H3. The van der Waals surface area contributed by atoms with Crippen molar-refractivity contribution in [2.45, 2.75) is 40.0 Å². The topological polar surface area (TPSA) is 0 Å². The van der Waals surface area contributed by atoms with Gasteiger partial charge in [-0.2, -0.15) is 0 Å². The summed E-state index contributed by atoms with van der Waals surface area (Å²) in [4.78, 5) is 0. The van der Waals surface area contributed by atoms with Crippen LogP contribution in [0.15, 0.2) is 30.3 Å². The molecule has 3 rings (SSSR count). The van der Waals surface area contributed by atoms with Gasteiger partial charge in [0.25, 0.3) is 0 Å². The van der Waals surface area contributed by atoms with Gasteiger partial charge in [-0.25, -0.2) is 4.39 Å². The van der Waals surface area contributed by atoms with E-state index in [1.54, 1.807) is 6.07 Å². The number of hydrogen-bond acceptors (Lipinski definition) is 0. The third-order valence-corrected chi connectivity index (χ3v) is 4.79. The van der Waals surface area contributed by atoms with Crippen LogP contribution in [0.2, 0.25) is 0 Å². The number of halogens is 1. The molecule has 1 heteroatoms. The number of benzene rings is 2. The smallest absolute Gasteiger partial charge is 0.127 e. The Morgan fingerprint density at radius 1 is 0.955 bits per heavy atom. The lowest BCUT2D eigenvalue weighted by Gasteiger charge is -2.05. The van der Waals surface area contributed by atoms with Gasteiger partial charge in [-0.1, -0.05) is 24.8 Å². The van der Waals surface area contributed by atoms with Crippen LogP contribution in [0.1, 0.15) is 52.6 Å². The molecule has 0 radical (unpaired) electrons. The van der Waals surface area contributed by atoms with Gasteiger partial charge in [0.15, 0.2) is 0 Å². The molecule has 1 saturated carbocycles. The van der Waals surface area contributed by atoms with Crippen molar-refractivity contribution in [3.05, 3.63) is 69.5 Å². The monoisotopic (exact) mass is 292 g/mol. The summed E-state index contributed by atoms with van der Waals surface area (Å²) in [5.74, 6) is 7.15. The van der Waals surface area contributed by atoms with Gasteiger partial charge < -0.3 is 0 Å². The molecular formula is C21H21F. The van der Waals surface area contributed by atoms with Gasteiger partial charge in [0, 0.05) is 11.1 Å².